The van der Waals surface area contributed by atoms with Crippen molar-refractivity contribution < 1.29 is 13.9 Å². The molecule has 3 heterocycles. The highest BCUT2D eigenvalue weighted by Gasteiger charge is 2.41. The SMILES string of the molecule is CC(n1ccc2nc(C#N)cn2c1=O)C(O)(Cn1cncn1)c1ccc(F)cc1F. The minimum absolute atomic E-state index is 0.0555. The van der Waals surface area contributed by atoms with Crippen LogP contribution >= 0.6 is 0 Å². The Balaban J connectivity index is 1.88. The predicted molar refractivity (Wildman–Crippen MR) is 99.2 cm³/mol. The van der Waals surface area contributed by atoms with E-state index in [1.165, 1.54) is 47.3 Å². The van der Waals surface area contributed by atoms with Crippen molar-refractivity contribution in [3.05, 3.63) is 82.7 Å². The van der Waals surface area contributed by atoms with Gasteiger partial charge in [-0.2, -0.15) is 10.4 Å². The molecule has 0 amide bonds. The fourth-order valence-corrected chi connectivity index (χ4v) is 3.42. The van der Waals surface area contributed by atoms with E-state index in [1.807, 2.05) is 6.07 Å². The molecule has 0 aliphatic carbocycles. The molecule has 0 spiro atoms. The van der Waals surface area contributed by atoms with Gasteiger partial charge >= 0.3 is 5.69 Å². The highest BCUT2D eigenvalue weighted by molar-refractivity contribution is 5.41. The summed E-state index contributed by atoms with van der Waals surface area (Å²) in [4.78, 5) is 20.8. The van der Waals surface area contributed by atoms with E-state index in [-0.39, 0.29) is 23.4 Å². The van der Waals surface area contributed by atoms with Crippen molar-refractivity contribution in [2.24, 2.45) is 0 Å². The zero-order valence-corrected chi connectivity index (χ0v) is 15.6. The minimum Gasteiger partial charge on any atom is -0.381 e. The molecule has 9 nitrogen and oxygen atoms in total. The lowest BCUT2D eigenvalue weighted by molar-refractivity contribution is -0.0346. The number of benzene rings is 1. The maximum Gasteiger partial charge on any atom is 0.334 e. The van der Waals surface area contributed by atoms with Crippen molar-refractivity contribution in [2.45, 2.75) is 25.1 Å². The topological polar surface area (TPSA) is 114 Å². The summed E-state index contributed by atoms with van der Waals surface area (Å²) >= 11 is 0. The minimum atomic E-state index is -2.00. The number of hydrogen-bond donors (Lipinski definition) is 1. The third-order valence-corrected chi connectivity index (χ3v) is 5.03. The lowest BCUT2D eigenvalue weighted by Crippen LogP contribution is -2.44. The lowest BCUT2D eigenvalue weighted by atomic mass is 9.86. The lowest BCUT2D eigenvalue weighted by Gasteiger charge is -2.35. The van der Waals surface area contributed by atoms with Crippen LogP contribution in [0.5, 0.6) is 0 Å². The van der Waals surface area contributed by atoms with Crippen LogP contribution in [0.2, 0.25) is 0 Å². The van der Waals surface area contributed by atoms with E-state index < -0.39 is 29.0 Å². The van der Waals surface area contributed by atoms with Crippen molar-refractivity contribution in [1.29, 1.82) is 5.26 Å². The van der Waals surface area contributed by atoms with Gasteiger partial charge in [-0.1, -0.05) is 6.07 Å². The molecule has 30 heavy (non-hydrogen) atoms. The Kier molecular flexibility index (Phi) is 4.63. The number of hydrogen-bond acceptors (Lipinski definition) is 6. The average Bonchev–Trinajstić information content (AvgIpc) is 3.37. The molecule has 0 radical (unpaired) electrons. The van der Waals surface area contributed by atoms with E-state index in [4.69, 9.17) is 5.26 Å². The summed E-state index contributed by atoms with van der Waals surface area (Å²) in [5.41, 5.74) is -2.48. The van der Waals surface area contributed by atoms with Gasteiger partial charge in [-0.05, 0) is 19.1 Å². The normalized spacial score (nSPS) is 14.4. The molecule has 0 aliphatic heterocycles. The molecule has 1 aromatic carbocycles. The molecule has 4 rings (SSSR count). The summed E-state index contributed by atoms with van der Waals surface area (Å²) in [6.45, 7) is 1.27. The Bertz CT molecular complexity index is 1320. The first-order valence-corrected chi connectivity index (χ1v) is 8.84. The number of nitriles is 1. The van der Waals surface area contributed by atoms with Crippen molar-refractivity contribution >= 4 is 5.65 Å². The molecular formula is C19H15F2N7O2. The maximum absolute atomic E-state index is 14.7. The van der Waals surface area contributed by atoms with E-state index >= 15 is 0 Å². The molecule has 0 bridgehead atoms. The Hall–Kier alpha value is -3.91. The van der Waals surface area contributed by atoms with Crippen LogP contribution in [0.4, 0.5) is 8.78 Å². The number of fused-ring (bicyclic) bond motifs is 1. The average molecular weight is 411 g/mol. The van der Waals surface area contributed by atoms with Crippen LogP contribution in [0.25, 0.3) is 5.65 Å². The molecule has 3 aromatic heterocycles. The first-order chi connectivity index (χ1) is 14.3. The van der Waals surface area contributed by atoms with Crippen molar-refractivity contribution in [3.63, 3.8) is 0 Å². The zero-order chi connectivity index (χ0) is 21.5. The summed E-state index contributed by atoms with van der Waals surface area (Å²) in [6.07, 6.45) is 5.25. The van der Waals surface area contributed by atoms with Crippen LogP contribution in [0.1, 0.15) is 24.2 Å². The molecule has 0 saturated carbocycles. The molecular weight excluding hydrogens is 396 g/mol. The summed E-state index contributed by atoms with van der Waals surface area (Å²) < 4.78 is 31.8. The molecule has 152 valence electrons. The fraction of sp³-hybridized carbons (Fsp3) is 0.211. The molecule has 0 fully saturated rings. The standard InChI is InChI=1S/C19H15F2N7O2/c1-12(27-5-4-17-25-14(7-22)8-28(17)18(27)29)19(30,9-26-11-23-10-24-26)15-3-2-13(20)6-16(15)21/h2-6,8,10-12,30H,9H2,1H3. The fourth-order valence-electron chi connectivity index (χ4n) is 3.42. The molecule has 2 unspecified atom stereocenters. The summed E-state index contributed by atoms with van der Waals surface area (Å²) in [6, 6.07) is 5.15. The van der Waals surface area contributed by atoms with Crippen molar-refractivity contribution in [2.75, 3.05) is 0 Å². The number of halogens is 2. The molecule has 1 N–H and O–H groups in total. The van der Waals surface area contributed by atoms with Crippen LogP contribution in [0, 0.1) is 23.0 Å². The quantitative estimate of drug-likeness (QED) is 0.531. The van der Waals surface area contributed by atoms with E-state index in [0.29, 0.717) is 6.07 Å². The highest BCUT2D eigenvalue weighted by Crippen LogP contribution is 2.36. The second kappa shape index (κ2) is 7.16. The first-order valence-electron chi connectivity index (χ1n) is 8.84. The van der Waals surface area contributed by atoms with Crippen LogP contribution in [0.3, 0.4) is 0 Å². The Morgan fingerprint density at radius 1 is 1.33 bits per heavy atom. The van der Waals surface area contributed by atoms with Crippen LogP contribution in [-0.4, -0.2) is 33.8 Å². The van der Waals surface area contributed by atoms with Gasteiger partial charge in [-0.25, -0.2) is 32.6 Å². The largest absolute Gasteiger partial charge is 0.381 e. The number of nitrogens with zero attached hydrogens (tertiary/aromatic N) is 7. The second-order valence-electron chi connectivity index (χ2n) is 6.79. The maximum atomic E-state index is 14.7. The third-order valence-electron chi connectivity index (χ3n) is 5.03. The number of imidazole rings is 1. The number of aliphatic hydroxyl groups is 1. The second-order valence-corrected chi connectivity index (χ2v) is 6.79. The highest BCUT2D eigenvalue weighted by atomic mass is 19.1. The van der Waals surface area contributed by atoms with Gasteiger partial charge in [-0.3, -0.25) is 4.57 Å². The first kappa shape index (κ1) is 19.4. The summed E-state index contributed by atoms with van der Waals surface area (Å²) in [7, 11) is 0. The number of rotatable bonds is 5. The van der Waals surface area contributed by atoms with Gasteiger partial charge in [0.15, 0.2) is 5.69 Å². The van der Waals surface area contributed by atoms with Gasteiger partial charge < -0.3 is 5.11 Å². The van der Waals surface area contributed by atoms with Gasteiger partial charge in [0.25, 0.3) is 0 Å². The van der Waals surface area contributed by atoms with Gasteiger partial charge in [0.1, 0.15) is 41.6 Å². The van der Waals surface area contributed by atoms with Gasteiger partial charge in [-0.15, -0.1) is 0 Å². The molecule has 11 heteroatoms. The van der Waals surface area contributed by atoms with Crippen molar-refractivity contribution in [3.8, 4) is 6.07 Å². The Labute approximate surface area is 168 Å². The molecule has 0 saturated heterocycles. The van der Waals surface area contributed by atoms with Crippen LogP contribution in [0.15, 0.2) is 54.1 Å². The number of aromatic nitrogens is 6. The molecule has 0 aliphatic rings. The van der Waals surface area contributed by atoms with Gasteiger partial charge in [0.05, 0.1) is 18.8 Å². The third kappa shape index (κ3) is 3.13. The van der Waals surface area contributed by atoms with Crippen LogP contribution in [-0.2, 0) is 12.1 Å². The molecule has 4 aromatic rings. The Morgan fingerprint density at radius 3 is 2.80 bits per heavy atom. The van der Waals surface area contributed by atoms with E-state index in [2.05, 4.69) is 15.1 Å². The van der Waals surface area contributed by atoms with E-state index in [9.17, 15) is 18.7 Å². The van der Waals surface area contributed by atoms with E-state index in [1.54, 1.807) is 0 Å². The van der Waals surface area contributed by atoms with Gasteiger partial charge in [0, 0.05) is 17.8 Å². The Morgan fingerprint density at radius 2 is 2.13 bits per heavy atom. The predicted octanol–water partition coefficient (Wildman–Crippen LogP) is 1.39. The van der Waals surface area contributed by atoms with Gasteiger partial charge in [0.2, 0.25) is 0 Å². The monoisotopic (exact) mass is 411 g/mol. The molecule has 2 atom stereocenters. The van der Waals surface area contributed by atoms with Crippen LogP contribution < -0.4 is 5.69 Å². The smallest absolute Gasteiger partial charge is 0.334 e. The van der Waals surface area contributed by atoms with E-state index in [0.717, 1.165) is 16.5 Å². The zero-order valence-electron chi connectivity index (χ0n) is 15.6. The van der Waals surface area contributed by atoms with Crippen molar-refractivity contribution in [1.82, 2.24) is 28.7 Å². The summed E-state index contributed by atoms with van der Waals surface area (Å²) in [5.74, 6) is -1.76. The summed E-state index contributed by atoms with van der Waals surface area (Å²) in [5, 5.41) is 24.6.